The van der Waals surface area contributed by atoms with E-state index in [9.17, 15) is 14.3 Å². The van der Waals surface area contributed by atoms with Crippen molar-refractivity contribution >= 4 is 34.5 Å². The van der Waals surface area contributed by atoms with E-state index in [2.05, 4.69) is 68.8 Å². The van der Waals surface area contributed by atoms with E-state index in [1.54, 1.807) is 18.3 Å². The summed E-state index contributed by atoms with van der Waals surface area (Å²) < 4.78 is 15.8. The molecule has 4 atom stereocenters. The van der Waals surface area contributed by atoms with Crippen molar-refractivity contribution in [1.29, 1.82) is 0 Å². The minimum Gasteiger partial charge on any atom is -0.384 e. The van der Waals surface area contributed by atoms with Crippen molar-refractivity contribution in [2.45, 2.75) is 57.3 Å². The van der Waals surface area contributed by atoms with Crippen LogP contribution >= 0.6 is 22.9 Å². The molecule has 1 amide bonds. The van der Waals surface area contributed by atoms with Crippen molar-refractivity contribution in [2.24, 2.45) is 0 Å². The summed E-state index contributed by atoms with van der Waals surface area (Å²) in [4.78, 5) is 25.4. The van der Waals surface area contributed by atoms with Crippen LogP contribution in [0.25, 0.3) is 0 Å². The highest BCUT2D eigenvalue weighted by Crippen LogP contribution is 2.41. The molecule has 2 fully saturated rings. The smallest absolute Gasteiger partial charge is 0.241 e. The summed E-state index contributed by atoms with van der Waals surface area (Å²) in [6, 6.07) is 8.77. The topological polar surface area (TPSA) is 75.2 Å². The predicted molar refractivity (Wildman–Crippen MR) is 160 cm³/mol. The van der Waals surface area contributed by atoms with Gasteiger partial charge in [0.05, 0.1) is 17.9 Å². The van der Waals surface area contributed by atoms with E-state index >= 15 is 0 Å². The molecule has 0 saturated carbocycles. The van der Waals surface area contributed by atoms with Crippen LogP contribution in [0.5, 0.6) is 0 Å². The first-order valence-corrected chi connectivity index (χ1v) is 14.8. The number of rotatable bonds is 6. The van der Waals surface area contributed by atoms with E-state index < -0.39 is 6.10 Å². The van der Waals surface area contributed by atoms with Crippen LogP contribution in [0.2, 0.25) is 0 Å². The molecule has 0 radical (unpaired) electrons. The maximum absolute atomic E-state index is 13.9. The molecular weight excluding hydrogens is 610 g/mol. The molecule has 3 aliphatic rings. The van der Waals surface area contributed by atoms with Crippen LogP contribution in [0.15, 0.2) is 36.5 Å². The summed E-state index contributed by atoms with van der Waals surface area (Å²) in [6.07, 6.45) is 0.722. The molecule has 2 aromatic rings. The average Bonchev–Trinajstić information content (AvgIpc) is 3.17. The highest BCUT2D eigenvalue weighted by molar-refractivity contribution is 14.1. The Hall–Kier alpha value is -1.70. The SMILES string of the molecule is C[C@@H]1CN(CC(=O)N2CC(C)(C)c3ncc(C(O)c4ccc(F)cc4)cc32)[C@@H](CN2CCN(I)C[C@H]2C)CN1. The Labute approximate surface area is 245 Å². The molecule has 212 valence electrons. The van der Waals surface area contributed by atoms with Crippen molar-refractivity contribution < 1.29 is 14.3 Å². The van der Waals surface area contributed by atoms with E-state index in [-0.39, 0.29) is 23.2 Å². The first kappa shape index (κ1) is 28.8. The Morgan fingerprint density at radius 1 is 1.18 bits per heavy atom. The molecule has 1 aromatic carbocycles. The molecule has 10 heteroatoms. The Morgan fingerprint density at radius 3 is 2.64 bits per heavy atom. The van der Waals surface area contributed by atoms with Gasteiger partial charge in [-0.15, -0.1) is 0 Å². The highest BCUT2D eigenvalue weighted by Gasteiger charge is 2.41. The lowest BCUT2D eigenvalue weighted by Gasteiger charge is -2.44. The third-order valence-electron chi connectivity index (χ3n) is 8.40. The number of aliphatic hydroxyl groups is 1. The van der Waals surface area contributed by atoms with Gasteiger partial charge in [-0.1, -0.05) is 26.0 Å². The lowest BCUT2D eigenvalue weighted by atomic mass is 9.90. The second kappa shape index (κ2) is 11.7. The number of pyridine rings is 1. The van der Waals surface area contributed by atoms with Crippen LogP contribution in [-0.4, -0.2) is 99.4 Å². The number of carbonyl (C=O) groups excluding carboxylic acids is 1. The Bertz CT molecular complexity index is 1180. The third-order valence-corrected chi connectivity index (χ3v) is 9.28. The van der Waals surface area contributed by atoms with Crippen molar-refractivity contribution in [2.75, 3.05) is 57.3 Å². The lowest BCUT2D eigenvalue weighted by Crippen LogP contribution is -2.62. The van der Waals surface area contributed by atoms with Crippen molar-refractivity contribution in [3.8, 4) is 0 Å². The quantitative estimate of drug-likeness (QED) is 0.368. The van der Waals surface area contributed by atoms with Gasteiger partial charge in [-0.25, -0.2) is 7.50 Å². The van der Waals surface area contributed by atoms with Gasteiger partial charge in [-0.05, 0) is 37.6 Å². The monoisotopic (exact) mass is 650 g/mol. The number of aromatic nitrogens is 1. The molecule has 1 aromatic heterocycles. The van der Waals surface area contributed by atoms with E-state index in [1.807, 2.05) is 11.0 Å². The third kappa shape index (κ3) is 6.31. The second-order valence-corrected chi connectivity index (χ2v) is 13.4. The molecule has 0 bridgehead atoms. The number of hydrogen-bond donors (Lipinski definition) is 2. The molecule has 1 unspecified atom stereocenters. The molecule has 0 spiro atoms. The zero-order valence-corrected chi connectivity index (χ0v) is 25.4. The van der Waals surface area contributed by atoms with Crippen molar-refractivity contribution in [1.82, 2.24) is 23.2 Å². The first-order valence-electron chi connectivity index (χ1n) is 13.9. The molecule has 0 aliphatic carbocycles. The van der Waals surface area contributed by atoms with E-state index in [0.717, 1.165) is 50.6 Å². The molecule has 39 heavy (non-hydrogen) atoms. The molecule has 2 saturated heterocycles. The predicted octanol–water partition coefficient (Wildman–Crippen LogP) is 2.95. The van der Waals surface area contributed by atoms with Gasteiger partial charge in [0.2, 0.25) is 5.91 Å². The normalized spacial score (nSPS) is 26.9. The van der Waals surface area contributed by atoms with Gasteiger partial charge < -0.3 is 15.3 Å². The summed E-state index contributed by atoms with van der Waals surface area (Å²) in [5.41, 5.74) is 2.50. The zero-order chi connectivity index (χ0) is 27.9. The van der Waals surface area contributed by atoms with E-state index in [4.69, 9.17) is 4.98 Å². The number of hydrogen-bond acceptors (Lipinski definition) is 7. The maximum atomic E-state index is 13.9. The minimum atomic E-state index is -0.951. The molecule has 3 aliphatic heterocycles. The van der Waals surface area contributed by atoms with Gasteiger partial charge in [-0.2, -0.15) is 0 Å². The Balaban J connectivity index is 1.34. The van der Waals surface area contributed by atoms with Gasteiger partial charge in [0.25, 0.3) is 0 Å². The van der Waals surface area contributed by atoms with Crippen molar-refractivity contribution in [3.63, 3.8) is 0 Å². The van der Waals surface area contributed by atoms with Gasteiger partial charge in [0.15, 0.2) is 0 Å². The van der Waals surface area contributed by atoms with Crippen LogP contribution in [0, 0.1) is 5.82 Å². The van der Waals surface area contributed by atoms with Crippen LogP contribution in [0.4, 0.5) is 10.1 Å². The summed E-state index contributed by atoms with van der Waals surface area (Å²) in [7, 11) is 0. The Morgan fingerprint density at radius 2 is 1.92 bits per heavy atom. The number of benzene rings is 1. The molecular formula is C29H40FIN6O2. The number of nitrogens with zero attached hydrogens (tertiary/aromatic N) is 5. The fourth-order valence-electron chi connectivity index (χ4n) is 6.12. The van der Waals surface area contributed by atoms with Crippen molar-refractivity contribution in [3.05, 3.63) is 59.2 Å². The number of fused-ring (bicyclic) bond motifs is 1. The van der Waals surface area contributed by atoms with Crippen LogP contribution in [0.3, 0.4) is 0 Å². The fourth-order valence-corrected chi connectivity index (χ4v) is 6.90. The summed E-state index contributed by atoms with van der Waals surface area (Å²) in [5, 5.41) is 14.6. The van der Waals surface area contributed by atoms with E-state index in [1.165, 1.54) is 12.1 Å². The molecule has 5 rings (SSSR count). The number of anilines is 1. The maximum Gasteiger partial charge on any atom is 0.241 e. The molecule has 4 heterocycles. The summed E-state index contributed by atoms with van der Waals surface area (Å²) in [6.45, 7) is 15.3. The fraction of sp³-hybridized carbons (Fsp3) is 0.586. The van der Waals surface area contributed by atoms with Gasteiger partial charge in [0, 0.05) is 104 Å². The van der Waals surface area contributed by atoms with Gasteiger partial charge >= 0.3 is 0 Å². The summed E-state index contributed by atoms with van der Waals surface area (Å²) >= 11 is 2.41. The number of carbonyl (C=O) groups is 1. The highest BCUT2D eigenvalue weighted by atomic mass is 127. The largest absolute Gasteiger partial charge is 0.384 e. The van der Waals surface area contributed by atoms with Crippen LogP contribution in [0.1, 0.15) is 50.6 Å². The van der Waals surface area contributed by atoms with Gasteiger partial charge in [-0.3, -0.25) is 19.6 Å². The standard InChI is InChI=1S/C29H40FIN6O2/c1-19-14-35(24(13-32-19)16-34-9-10-36(31)15-20(34)2)17-26(38)37-18-29(3,4)28-25(37)11-22(12-33-28)27(39)21-5-7-23(30)8-6-21/h5-8,11-12,19-20,24,27,32,39H,9-10,13-18H2,1-4H3/t19-,20-,24-,27?/m1/s1. The average molecular weight is 651 g/mol. The molecule has 8 nitrogen and oxygen atoms in total. The minimum absolute atomic E-state index is 0.0567. The van der Waals surface area contributed by atoms with Crippen LogP contribution in [-0.2, 0) is 10.2 Å². The first-order chi connectivity index (χ1) is 18.5. The number of piperazine rings is 2. The number of nitrogens with one attached hydrogen (secondary N) is 1. The van der Waals surface area contributed by atoms with Gasteiger partial charge in [0.1, 0.15) is 11.9 Å². The number of halogens is 2. The zero-order valence-electron chi connectivity index (χ0n) is 23.3. The Kier molecular flexibility index (Phi) is 8.61. The van der Waals surface area contributed by atoms with Crippen LogP contribution < -0.4 is 10.2 Å². The number of amides is 1. The second-order valence-electron chi connectivity index (χ2n) is 12.1. The molecule has 2 N–H and O–H groups in total. The summed E-state index contributed by atoms with van der Waals surface area (Å²) in [5.74, 6) is -0.292. The lowest BCUT2D eigenvalue weighted by molar-refractivity contribution is -0.120. The number of aliphatic hydroxyl groups excluding tert-OH is 1. The van der Waals surface area contributed by atoms with E-state index in [0.29, 0.717) is 36.3 Å².